The first-order chi connectivity index (χ1) is 6.57. The molecule has 0 unspecified atom stereocenters. The Kier molecular flexibility index (Phi) is 2.45. The minimum atomic E-state index is -0.251. The molecule has 1 aromatic carbocycles. The van der Waals surface area contributed by atoms with E-state index in [-0.39, 0.29) is 5.54 Å². The fraction of sp³-hybridized carbons (Fsp3) is 0.455. The summed E-state index contributed by atoms with van der Waals surface area (Å²) in [6.07, 6.45) is 0. The zero-order valence-electron chi connectivity index (χ0n) is 8.63. The molecule has 1 aromatic rings. The molecule has 76 valence electrons. The third kappa shape index (κ3) is 1.88. The molecule has 0 spiro atoms. The van der Waals surface area contributed by atoms with Crippen molar-refractivity contribution in [3.8, 4) is 0 Å². The molecule has 0 bridgehead atoms. The number of rotatable bonds is 1. The summed E-state index contributed by atoms with van der Waals surface area (Å²) >= 11 is 1.90. The molecule has 1 heterocycles. The Bertz CT molecular complexity index is 342. The van der Waals surface area contributed by atoms with Gasteiger partial charge in [0.15, 0.2) is 0 Å². The van der Waals surface area contributed by atoms with Crippen LogP contribution in [0.5, 0.6) is 0 Å². The summed E-state index contributed by atoms with van der Waals surface area (Å²) in [4.78, 5) is 1.34. The number of nitrogens with one attached hydrogen (secondary N) is 1. The van der Waals surface area contributed by atoms with Gasteiger partial charge in [-0.3, -0.25) is 0 Å². The second-order valence-corrected chi connectivity index (χ2v) is 5.34. The van der Waals surface area contributed by atoms with Crippen LogP contribution in [-0.2, 0) is 5.54 Å². The highest BCUT2D eigenvalue weighted by molar-refractivity contribution is 7.99. The molecule has 0 saturated heterocycles. The molecule has 0 saturated carbocycles. The molecule has 0 radical (unpaired) electrons. The molecule has 0 fully saturated rings. The summed E-state index contributed by atoms with van der Waals surface area (Å²) in [6.45, 7) is 5.11. The number of hydrogen-bond donors (Lipinski definition) is 2. The second-order valence-electron chi connectivity index (χ2n) is 4.21. The molecule has 2 nitrogen and oxygen atoms in total. The maximum Gasteiger partial charge on any atom is 0.0482 e. The van der Waals surface area contributed by atoms with E-state index < -0.39 is 0 Å². The van der Waals surface area contributed by atoms with Crippen molar-refractivity contribution >= 4 is 17.4 Å². The zero-order chi connectivity index (χ0) is 10.2. The Hall–Kier alpha value is -0.670. The molecule has 3 heteroatoms. The van der Waals surface area contributed by atoms with E-state index in [1.807, 2.05) is 25.6 Å². The first kappa shape index (κ1) is 9.87. The Morgan fingerprint density at radius 1 is 1.43 bits per heavy atom. The number of benzene rings is 1. The molecule has 0 aliphatic carbocycles. The SMILES string of the molecule is CC(C)(N)c1ccc2c(c1)NCCS2. The quantitative estimate of drug-likeness (QED) is 0.744. The summed E-state index contributed by atoms with van der Waals surface area (Å²) < 4.78 is 0. The fourth-order valence-electron chi connectivity index (χ4n) is 1.54. The summed E-state index contributed by atoms with van der Waals surface area (Å²) in [5, 5.41) is 3.40. The first-order valence-electron chi connectivity index (χ1n) is 4.87. The second kappa shape index (κ2) is 3.48. The third-order valence-corrected chi connectivity index (χ3v) is 3.47. The number of fused-ring (bicyclic) bond motifs is 1. The summed E-state index contributed by atoms with van der Waals surface area (Å²) in [6, 6.07) is 6.45. The predicted octanol–water partition coefficient (Wildman–Crippen LogP) is 2.40. The van der Waals surface area contributed by atoms with Crippen molar-refractivity contribution in [2.24, 2.45) is 5.73 Å². The van der Waals surface area contributed by atoms with Gasteiger partial charge in [0.05, 0.1) is 0 Å². The van der Waals surface area contributed by atoms with Crippen molar-refractivity contribution in [2.45, 2.75) is 24.3 Å². The maximum atomic E-state index is 6.06. The highest BCUT2D eigenvalue weighted by atomic mass is 32.2. The molecule has 3 N–H and O–H groups in total. The molecule has 1 aliphatic rings. The predicted molar refractivity (Wildman–Crippen MR) is 62.9 cm³/mol. The van der Waals surface area contributed by atoms with Gasteiger partial charge in [0.25, 0.3) is 0 Å². The molecule has 2 rings (SSSR count). The van der Waals surface area contributed by atoms with Crippen LogP contribution < -0.4 is 11.1 Å². The van der Waals surface area contributed by atoms with E-state index >= 15 is 0 Å². The van der Waals surface area contributed by atoms with E-state index in [0.717, 1.165) is 12.3 Å². The van der Waals surface area contributed by atoms with Gasteiger partial charge >= 0.3 is 0 Å². The van der Waals surface area contributed by atoms with Crippen LogP contribution in [0.4, 0.5) is 5.69 Å². The first-order valence-corrected chi connectivity index (χ1v) is 5.86. The normalized spacial score (nSPS) is 15.9. The van der Waals surface area contributed by atoms with Crippen LogP contribution in [0.3, 0.4) is 0 Å². The molecule has 1 aliphatic heterocycles. The Morgan fingerprint density at radius 2 is 2.21 bits per heavy atom. The topological polar surface area (TPSA) is 38.0 Å². The van der Waals surface area contributed by atoms with Gasteiger partial charge in [0.2, 0.25) is 0 Å². The maximum absolute atomic E-state index is 6.06. The lowest BCUT2D eigenvalue weighted by molar-refractivity contribution is 0.554. The Balaban J connectivity index is 2.39. The van der Waals surface area contributed by atoms with Crippen molar-refractivity contribution in [1.29, 1.82) is 0 Å². The number of anilines is 1. The monoisotopic (exact) mass is 208 g/mol. The van der Waals surface area contributed by atoms with Crippen LogP contribution in [0.2, 0.25) is 0 Å². The van der Waals surface area contributed by atoms with Gasteiger partial charge < -0.3 is 11.1 Å². The molecule has 14 heavy (non-hydrogen) atoms. The van der Waals surface area contributed by atoms with Crippen molar-refractivity contribution in [1.82, 2.24) is 0 Å². The summed E-state index contributed by atoms with van der Waals surface area (Å²) in [7, 11) is 0. The van der Waals surface area contributed by atoms with Crippen LogP contribution in [0.15, 0.2) is 23.1 Å². The Labute approximate surface area is 89.3 Å². The van der Waals surface area contributed by atoms with E-state index in [2.05, 4.69) is 23.5 Å². The van der Waals surface area contributed by atoms with Crippen molar-refractivity contribution in [3.63, 3.8) is 0 Å². The van der Waals surface area contributed by atoms with E-state index in [4.69, 9.17) is 5.73 Å². The fourth-order valence-corrected chi connectivity index (χ4v) is 2.42. The van der Waals surface area contributed by atoms with Gasteiger partial charge in [0, 0.05) is 28.4 Å². The highest BCUT2D eigenvalue weighted by Gasteiger charge is 2.17. The number of nitrogens with two attached hydrogens (primary N) is 1. The molecule has 0 aromatic heterocycles. The lowest BCUT2D eigenvalue weighted by atomic mass is 9.95. The van der Waals surface area contributed by atoms with Crippen LogP contribution in [0.1, 0.15) is 19.4 Å². The average Bonchev–Trinajstić information content (AvgIpc) is 2.16. The van der Waals surface area contributed by atoms with Gasteiger partial charge in [-0.2, -0.15) is 0 Å². The van der Waals surface area contributed by atoms with E-state index in [0.29, 0.717) is 0 Å². The largest absolute Gasteiger partial charge is 0.383 e. The Morgan fingerprint density at radius 3 is 2.93 bits per heavy atom. The smallest absolute Gasteiger partial charge is 0.0482 e. The summed E-state index contributed by atoms with van der Waals surface area (Å²) in [5.41, 5.74) is 8.22. The van der Waals surface area contributed by atoms with Crippen LogP contribution >= 0.6 is 11.8 Å². The van der Waals surface area contributed by atoms with Crippen LogP contribution in [0.25, 0.3) is 0 Å². The molecular weight excluding hydrogens is 192 g/mol. The van der Waals surface area contributed by atoms with Gasteiger partial charge in [0.1, 0.15) is 0 Å². The van der Waals surface area contributed by atoms with Crippen molar-refractivity contribution in [3.05, 3.63) is 23.8 Å². The minimum absolute atomic E-state index is 0.251. The summed E-state index contributed by atoms with van der Waals surface area (Å²) in [5.74, 6) is 1.15. The lowest BCUT2D eigenvalue weighted by Gasteiger charge is -2.23. The minimum Gasteiger partial charge on any atom is -0.383 e. The van der Waals surface area contributed by atoms with Crippen LogP contribution in [0, 0.1) is 0 Å². The molecule has 0 atom stereocenters. The lowest BCUT2D eigenvalue weighted by Crippen LogP contribution is -2.28. The van der Waals surface area contributed by atoms with Crippen molar-refractivity contribution in [2.75, 3.05) is 17.6 Å². The van der Waals surface area contributed by atoms with E-state index in [1.54, 1.807) is 0 Å². The zero-order valence-corrected chi connectivity index (χ0v) is 9.45. The van der Waals surface area contributed by atoms with Crippen molar-refractivity contribution < 1.29 is 0 Å². The molecule has 0 amide bonds. The molecular formula is C11H16N2S. The van der Waals surface area contributed by atoms with Gasteiger partial charge in [-0.05, 0) is 31.5 Å². The number of thioether (sulfide) groups is 1. The standard InChI is InChI=1S/C11H16N2S/c1-11(2,12)8-3-4-10-9(7-8)13-5-6-14-10/h3-4,7,13H,5-6,12H2,1-2H3. The van der Waals surface area contributed by atoms with E-state index in [1.165, 1.54) is 16.1 Å². The number of hydrogen-bond acceptors (Lipinski definition) is 3. The average molecular weight is 208 g/mol. The van der Waals surface area contributed by atoms with Gasteiger partial charge in [-0.15, -0.1) is 11.8 Å². The van der Waals surface area contributed by atoms with Gasteiger partial charge in [-0.1, -0.05) is 6.07 Å². The van der Waals surface area contributed by atoms with E-state index in [9.17, 15) is 0 Å². The highest BCUT2D eigenvalue weighted by Crippen LogP contribution is 2.33. The van der Waals surface area contributed by atoms with Gasteiger partial charge in [-0.25, -0.2) is 0 Å². The third-order valence-electron chi connectivity index (χ3n) is 2.40. The van der Waals surface area contributed by atoms with Crippen LogP contribution in [-0.4, -0.2) is 12.3 Å².